The number of hydrogen-bond acceptors (Lipinski definition) is 2. The van der Waals surface area contributed by atoms with Gasteiger partial charge in [0.05, 0.1) is 18.0 Å². The van der Waals surface area contributed by atoms with Gasteiger partial charge in [0, 0.05) is 27.7 Å². The highest BCUT2D eigenvalue weighted by atomic mass is 16.3. The number of fused-ring (bicyclic) bond motifs is 5. The average Bonchev–Trinajstić information content (AvgIpc) is 3.76. The van der Waals surface area contributed by atoms with Crippen molar-refractivity contribution in [2.24, 2.45) is 0 Å². The first-order valence-electron chi connectivity index (χ1n) is 24.2. The third kappa shape index (κ3) is 6.41. The third-order valence-electron chi connectivity index (χ3n) is 11.1. The molecule has 0 aliphatic carbocycles. The Hall–Kier alpha value is -7.94. The van der Waals surface area contributed by atoms with E-state index in [2.05, 4.69) is 54.6 Å². The molecule has 0 spiro atoms. The second-order valence-electron chi connectivity index (χ2n) is 14.6. The lowest BCUT2D eigenvalue weighted by Crippen LogP contribution is -2.11. The molecule has 0 aliphatic heterocycles. The van der Waals surface area contributed by atoms with Gasteiger partial charge < -0.3 is 9.32 Å². The molecular formula is C58H39NO. The molecule has 0 bridgehead atoms. The van der Waals surface area contributed by atoms with E-state index in [-0.39, 0.29) is 41.8 Å². The minimum Gasteiger partial charge on any atom is -0.456 e. The molecule has 0 saturated carbocycles. The Morgan fingerprint density at radius 3 is 1.80 bits per heavy atom. The predicted octanol–water partition coefficient (Wildman–Crippen LogP) is 16.5. The molecule has 2 heteroatoms. The van der Waals surface area contributed by atoms with Crippen LogP contribution < -0.4 is 4.90 Å². The first-order valence-corrected chi connectivity index (χ1v) is 19.7. The summed E-state index contributed by atoms with van der Waals surface area (Å²) < 4.78 is 83.2. The van der Waals surface area contributed by atoms with E-state index in [1.54, 1.807) is 66.7 Å². The molecule has 11 aromatic rings. The number of para-hydroxylation sites is 2. The highest BCUT2D eigenvalue weighted by Crippen LogP contribution is 2.44. The van der Waals surface area contributed by atoms with Gasteiger partial charge in [0.25, 0.3) is 0 Å². The Bertz CT molecular complexity index is 3800. The van der Waals surface area contributed by atoms with Crippen molar-refractivity contribution in [3.05, 3.63) is 236 Å². The molecule has 0 saturated heterocycles. The molecule has 0 N–H and O–H groups in total. The largest absolute Gasteiger partial charge is 0.456 e. The van der Waals surface area contributed by atoms with Crippen LogP contribution in [0.5, 0.6) is 0 Å². The summed E-state index contributed by atoms with van der Waals surface area (Å²) in [6.07, 6.45) is 0. The molecule has 0 aliphatic rings. The van der Waals surface area contributed by atoms with E-state index in [1.807, 2.05) is 65.6 Å². The van der Waals surface area contributed by atoms with Crippen molar-refractivity contribution < 1.29 is 16.8 Å². The number of furan rings is 1. The van der Waals surface area contributed by atoms with Crippen LogP contribution in [0.25, 0.3) is 88.3 Å². The van der Waals surface area contributed by atoms with Gasteiger partial charge in [0.15, 0.2) is 0 Å². The van der Waals surface area contributed by atoms with Gasteiger partial charge in [-0.3, -0.25) is 0 Å². The van der Waals surface area contributed by atoms with Crippen LogP contribution in [0.1, 0.15) is 12.3 Å². The summed E-state index contributed by atoms with van der Waals surface area (Å²) in [6, 6.07) is 56.9. The number of hydrogen-bond donors (Lipinski definition) is 0. The van der Waals surface area contributed by atoms with Crippen molar-refractivity contribution in [1.82, 2.24) is 0 Å². The highest BCUT2D eigenvalue weighted by Gasteiger charge is 2.19. The molecule has 1 aromatic heterocycles. The van der Waals surface area contributed by atoms with Gasteiger partial charge in [-0.2, -0.15) is 0 Å². The van der Waals surface area contributed by atoms with Crippen molar-refractivity contribution >= 4 is 49.8 Å². The van der Waals surface area contributed by atoms with E-state index in [9.17, 15) is 1.37 Å². The molecule has 10 aromatic carbocycles. The number of anilines is 3. The summed E-state index contributed by atoms with van der Waals surface area (Å²) in [5.74, 6) is 0. The minimum absolute atomic E-state index is 0.0570. The Labute approximate surface area is 362 Å². The van der Waals surface area contributed by atoms with Gasteiger partial charge in [0.2, 0.25) is 0 Å². The first-order chi connectivity index (χ1) is 33.4. The molecule has 0 atom stereocenters. The SMILES string of the molecule is [2H]c1ccc(-c2cccc([2H])c2[2H])c(N(c2ccc(-c3ccc4c(-c5ccccc5)cc5oc6ccccc6c5c4c3)cc2)c2ccc(-c3ccc(-c4c([2H])c([2H])c([2H])c([2H])c4[2H])cc3)c([2H])c2)c1. The lowest BCUT2D eigenvalue weighted by atomic mass is 9.92. The van der Waals surface area contributed by atoms with Gasteiger partial charge in [-0.25, -0.2) is 0 Å². The molecule has 0 fully saturated rings. The summed E-state index contributed by atoms with van der Waals surface area (Å²) in [7, 11) is 0. The molecule has 282 valence electrons. The van der Waals surface area contributed by atoms with Crippen LogP contribution in [0.3, 0.4) is 0 Å². The minimum atomic E-state index is -0.450. The topological polar surface area (TPSA) is 16.4 Å². The van der Waals surface area contributed by atoms with Crippen molar-refractivity contribution in [3.63, 3.8) is 0 Å². The summed E-state index contributed by atoms with van der Waals surface area (Å²) in [5.41, 5.74) is 10.8. The van der Waals surface area contributed by atoms with E-state index in [0.717, 1.165) is 60.7 Å². The smallest absolute Gasteiger partial charge is 0.136 e. The Kier molecular flexibility index (Phi) is 6.76. The number of nitrogens with zero attached hydrogens (tertiary/aromatic N) is 1. The van der Waals surface area contributed by atoms with Gasteiger partial charge in [0.1, 0.15) is 11.2 Å². The molecule has 2 nitrogen and oxygen atoms in total. The lowest BCUT2D eigenvalue weighted by Gasteiger charge is -2.28. The van der Waals surface area contributed by atoms with Crippen LogP contribution in [0.15, 0.2) is 241 Å². The van der Waals surface area contributed by atoms with E-state index >= 15 is 0 Å². The fourth-order valence-electron chi connectivity index (χ4n) is 8.20. The Balaban J connectivity index is 1.03. The molecule has 1 heterocycles. The van der Waals surface area contributed by atoms with Crippen LogP contribution in [0.4, 0.5) is 17.1 Å². The van der Waals surface area contributed by atoms with E-state index < -0.39 is 18.1 Å². The van der Waals surface area contributed by atoms with Gasteiger partial charge >= 0.3 is 0 Å². The van der Waals surface area contributed by atoms with Crippen LogP contribution >= 0.6 is 0 Å². The Morgan fingerprint density at radius 2 is 0.983 bits per heavy atom. The second kappa shape index (κ2) is 15.1. The first kappa shape index (κ1) is 26.9. The van der Waals surface area contributed by atoms with Gasteiger partial charge in [-0.15, -0.1) is 0 Å². The maximum absolute atomic E-state index is 9.38. The van der Waals surface area contributed by atoms with Crippen molar-refractivity contribution in [3.8, 4) is 55.6 Å². The van der Waals surface area contributed by atoms with Crippen molar-refractivity contribution in [1.29, 1.82) is 0 Å². The normalized spacial score (nSPS) is 13.4. The summed E-state index contributed by atoms with van der Waals surface area (Å²) in [6.45, 7) is 0. The van der Waals surface area contributed by atoms with Crippen LogP contribution in [0, 0.1) is 0 Å². The molecule has 0 amide bonds. The number of rotatable bonds is 8. The molecule has 60 heavy (non-hydrogen) atoms. The average molecular weight is 775 g/mol. The maximum Gasteiger partial charge on any atom is 0.136 e. The fourth-order valence-corrected chi connectivity index (χ4v) is 8.20. The van der Waals surface area contributed by atoms with Gasteiger partial charge in [-0.1, -0.05) is 188 Å². The molecule has 0 unspecified atom stereocenters. The lowest BCUT2D eigenvalue weighted by molar-refractivity contribution is 0.669. The maximum atomic E-state index is 9.38. The van der Waals surface area contributed by atoms with E-state index in [4.69, 9.17) is 15.4 Å². The summed E-state index contributed by atoms with van der Waals surface area (Å²) >= 11 is 0. The third-order valence-corrected chi connectivity index (χ3v) is 11.1. The van der Waals surface area contributed by atoms with Crippen LogP contribution in [0.2, 0.25) is 0 Å². The Morgan fingerprint density at radius 1 is 0.333 bits per heavy atom. The molecule has 11 rings (SSSR count). The van der Waals surface area contributed by atoms with Crippen molar-refractivity contribution in [2.75, 3.05) is 4.90 Å². The van der Waals surface area contributed by atoms with E-state index in [0.29, 0.717) is 39.2 Å². The van der Waals surface area contributed by atoms with Crippen LogP contribution in [-0.2, 0) is 0 Å². The molecule has 0 radical (unpaired) electrons. The van der Waals surface area contributed by atoms with E-state index in [1.165, 1.54) is 0 Å². The fraction of sp³-hybridized carbons (Fsp3) is 0. The predicted molar refractivity (Wildman–Crippen MR) is 253 cm³/mol. The second-order valence-corrected chi connectivity index (χ2v) is 14.6. The summed E-state index contributed by atoms with van der Waals surface area (Å²) in [4.78, 5) is 1.98. The number of benzene rings is 10. The van der Waals surface area contributed by atoms with Gasteiger partial charge in [-0.05, 0) is 109 Å². The quantitative estimate of drug-likeness (QED) is 0.153. The standard InChI is InChI=1S/C58H39NO/c1-4-14-40(15-5-1)41-24-26-42(27-25-41)43-28-33-48(34-29-43)59(55-22-12-10-20-50(55)45-16-6-2-7-17-45)49-35-30-44(31-36-49)47-32-37-51-53(46-18-8-3-9-19-46)39-57-58(54(51)38-47)52-21-11-13-23-56(52)60-57/h1-39H/i1D,4D,5D,6D,12D,14D,15D,16D,28D. The zero-order chi connectivity index (χ0) is 47.7. The zero-order valence-corrected chi connectivity index (χ0v) is 32.2. The molecular weight excluding hydrogens is 727 g/mol. The van der Waals surface area contributed by atoms with Crippen LogP contribution in [-0.4, -0.2) is 0 Å². The van der Waals surface area contributed by atoms with Crippen molar-refractivity contribution in [2.45, 2.75) is 0 Å². The summed E-state index contributed by atoms with van der Waals surface area (Å²) in [5, 5.41) is 4.29. The zero-order valence-electron chi connectivity index (χ0n) is 41.2. The monoisotopic (exact) mass is 774 g/mol. The highest BCUT2D eigenvalue weighted by molar-refractivity contribution is 6.22.